The normalized spacial score (nSPS) is 13.6. The van der Waals surface area contributed by atoms with Gasteiger partial charge in [-0.25, -0.2) is 4.68 Å². The molecule has 4 heteroatoms. The second-order valence-electron chi connectivity index (χ2n) is 6.97. The molecule has 1 aromatic heterocycles. The molecule has 3 aromatic carbocycles. The van der Waals surface area contributed by atoms with Crippen LogP contribution in [0.1, 0.15) is 16.8 Å². The topological polar surface area (TPSA) is 34.0 Å². The lowest BCUT2D eigenvalue weighted by Crippen LogP contribution is -2.21. The molecule has 0 saturated carbocycles. The largest absolute Gasteiger partial charge is 0.289 e. The highest BCUT2D eigenvalue weighted by molar-refractivity contribution is 5.63. The molecule has 0 spiro atoms. The third kappa shape index (κ3) is 3.15. The fraction of sp³-hybridized carbons (Fsp3) is 0.130. The molecule has 132 valence electrons. The van der Waals surface area contributed by atoms with E-state index in [9.17, 15) is 0 Å². The number of rotatable bonds is 3. The number of para-hydroxylation sites is 1. The first-order valence-electron chi connectivity index (χ1n) is 9.21. The molecule has 0 atom stereocenters. The minimum Gasteiger partial charge on any atom is -0.289 e. The third-order valence-electron chi connectivity index (χ3n) is 5.09. The van der Waals surface area contributed by atoms with Gasteiger partial charge in [0, 0.05) is 19.6 Å². The average molecular weight is 352 g/mol. The summed E-state index contributed by atoms with van der Waals surface area (Å²) < 4.78 is 1.97. The van der Waals surface area contributed by atoms with Crippen molar-refractivity contribution in [1.29, 1.82) is 0 Å². The molecule has 0 amide bonds. The lowest BCUT2D eigenvalue weighted by Gasteiger charge is -2.20. The summed E-state index contributed by atoms with van der Waals surface area (Å²) in [5, 5.41) is 8.40. The summed E-state index contributed by atoms with van der Waals surface area (Å²) in [7, 11) is 0. The minimum absolute atomic E-state index is 0.835. The maximum atomic E-state index is 4.28. The summed E-state index contributed by atoms with van der Waals surface area (Å²) in [5.74, 6) is 0. The molecule has 0 saturated heterocycles. The van der Waals surface area contributed by atoms with Gasteiger partial charge in [-0.05, 0) is 28.3 Å². The Morgan fingerprint density at radius 1 is 0.741 bits per heavy atom. The molecule has 4 nitrogen and oxygen atoms in total. The van der Waals surface area contributed by atoms with E-state index in [1.807, 2.05) is 10.9 Å². The lowest BCUT2D eigenvalue weighted by molar-refractivity contribution is 0.248. The first-order chi connectivity index (χ1) is 13.4. The fourth-order valence-electron chi connectivity index (χ4n) is 3.75. The van der Waals surface area contributed by atoms with Crippen molar-refractivity contribution in [2.75, 3.05) is 0 Å². The van der Waals surface area contributed by atoms with Crippen LogP contribution >= 0.6 is 0 Å². The SMILES string of the molecule is c1ccc(-c2ccc(CN3Cc4ccccc4-n4nncc4C3)cc2)cc1. The van der Waals surface area contributed by atoms with E-state index in [1.165, 1.54) is 22.3 Å². The van der Waals surface area contributed by atoms with Crippen molar-refractivity contribution in [2.45, 2.75) is 19.6 Å². The van der Waals surface area contributed by atoms with Crippen molar-refractivity contribution < 1.29 is 0 Å². The van der Waals surface area contributed by atoms with E-state index in [4.69, 9.17) is 0 Å². The van der Waals surface area contributed by atoms with Crippen LogP contribution in [0.25, 0.3) is 16.8 Å². The number of aromatic nitrogens is 3. The smallest absolute Gasteiger partial charge is 0.0786 e. The summed E-state index contributed by atoms with van der Waals surface area (Å²) in [5.41, 5.74) is 7.36. The van der Waals surface area contributed by atoms with Crippen molar-refractivity contribution in [2.24, 2.45) is 0 Å². The molecule has 2 heterocycles. The second-order valence-corrected chi connectivity index (χ2v) is 6.97. The van der Waals surface area contributed by atoms with Crippen molar-refractivity contribution in [3.63, 3.8) is 0 Å². The number of hydrogen-bond donors (Lipinski definition) is 0. The molecule has 0 N–H and O–H groups in total. The van der Waals surface area contributed by atoms with Crippen LogP contribution in [0.2, 0.25) is 0 Å². The van der Waals surface area contributed by atoms with Crippen LogP contribution in [-0.4, -0.2) is 19.9 Å². The van der Waals surface area contributed by atoms with Crippen molar-refractivity contribution in [1.82, 2.24) is 19.9 Å². The molecule has 4 aromatic rings. The molecule has 0 unspecified atom stereocenters. The highest BCUT2D eigenvalue weighted by atomic mass is 15.4. The molecule has 1 aliphatic heterocycles. The highest BCUT2D eigenvalue weighted by Crippen LogP contribution is 2.25. The van der Waals surface area contributed by atoms with Crippen LogP contribution in [0.5, 0.6) is 0 Å². The fourth-order valence-corrected chi connectivity index (χ4v) is 3.75. The Balaban J connectivity index is 1.40. The molecule has 27 heavy (non-hydrogen) atoms. The zero-order valence-electron chi connectivity index (χ0n) is 15.0. The summed E-state index contributed by atoms with van der Waals surface area (Å²) >= 11 is 0. The van der Waals surface area contributed by atoms with Gasteiger partial charge in [-0.2, -0.15) is 0 Å². The van der Waals surface area contributed by atoms with E-state index in [0.717, 1.165) is 31.0 Å². The number of nitrogens with zero attached hydrogens (tertiary/aromatic N) is 4. The predicted molar refractivity (Wildman–Crippen MR) is 106 cm³/mol. The second kappa shape index (κ2) is 6.82. The van der Waals surface area contributed by atoms with Gasteiger partial charge in [-0.3, -0.25) is 4.90 Å². The minimum atomic E-state index is 0.835. The van der Waals surface area contributed by atoms with Crippen LogP contribution in [-0.2, 0) is 19.6 Å². The van der Waals surface area contributed by atoms with E-state index >= 15 is 0 Å². The van der Waals surface area contributed by atoms with E-state index in [1.54, 1.807) is 0 Å². The van der Waals surface area contributed by atoms with E-state index in [-0.39, 0.29) is 0 Å². The quantitative estimate of drug-likeness (QED) is 0.546. The van der Waals surface area contributed by atoms with Gasteiger partial charge in [-0.15, -0.1) is 5.10 Å². The molecule has 0 bridgehead atoms. The van der Waals surface area contributed by atoms with Crippen molar-refractivity contribution >= 4 is 0 Å². The van der Waals surface area contributed by atoms with Gasteiger partial charge in [0.2, 0.25) is 0 Å². The standard InChI is InChI=1S/C23H20N4/c1-2-6-19(7-3-1)20-12-10-18(11-13-20)15-26-16-21-8-4-5-9-23(21)27-22(17-26)14-24-25-27/h1-14H,15-17H2. The van der Waals surface area contributed by atoms with Crippen LogP contribution in [0.4, 0.5) is 0 Å². The molecular weight excluding hydrogens is 332 g/mol. The third-order valence-corrected chi connectivity index (χ3v) is 5.09. The molecular formula is C23H20N4. The number of benzene rings is 3. The summed E-state index contributed by atoms with van der Waals surface area (Å²) in [6.07, 6.45) is 1.87. The maximum absolute atomic E-state index is 4.28. The predicted octanol–water partition coefficient (Wildman–Crippen LogP) is 4.45. The Kier molecular flexibility index (Phi) is 4.03. The summed E-state index contributed by atoms with van der Waals surface area (Å²) in [6.45, 7) is 2.64. The summed E-state index contributed by atoms with van der Waals surface area (Å²) in [6, 6.07) is 27.8. The Hall–Kier alpha value is -3.24. The van der Waals surface area contributed by atoms with E-state index < -0.39 is 0 Å². The Morgan fingerprint density at radius 2 is 1.48 bits per heavy atom. The Morgan fingerprint density at radius 3 is 2.33 bits per heavy atom. The number of hydrogen-bond acceptors (Lipinski definition) is 3. The van der Waals surface area contributed by atoms with Gasteiger partial charge in [0.1, 0.15) is 0 Å². The maximum Gasteiger partial charge on any atom is 0.0786 e. The van der Waals surface area contributed by atoms with Crippen LogP contribution in [0, 0.1) is 0 Å². The molecule has 5 rings (SSSR count). The Labute approximate surface area is 158 Å². The average Bonchev–Trinajstić information content (AvgIpc) is 3.12. The van der Waals surface area contributed by atoms with Gasteiger partial charge >= 0.3 is 0 Å². The van der Waals surface area contributed by atoms with Gasteiger partial charge in [0.05, 0.1) is 17.6 Å². The van der Waals surface area contributed by atoms with Gasteiger partial charge in [0.15, 0.2) is 0 Å². The molecule has 1 aliphatic rings. The van der Waals surface area contributed by atoms with Crippen LogP contribution in [0.3, 0.4) is 0 Å². The van der Waals surface area contributed by atoms with Crippen LogP contribution < -0.4 is 0 Å². The van der Waals surface area contributed by atoms with Gasteiger partial charge < -0.3 is 0 Å². The Bertz CT molecular complexity index is 1050. The molecule has 0 aliphatic carbocycles. The number of fused-ring (bicyclic) bond motifs is 3. The highest BCUT2D eigenvalue weighted by Gasteiger charge is 2.20. The van der Waals surface area contributed by atoms with Gasteiger partial charge in [-0.1, -0.05) is 78.0 Å². The van der Waals surface area contributed by atoms with E-state index in [0.29, 0.717) is 0 Å². The van der Waals surface area contributed by atoms with Crippen LogP contribution in [0.15, 0.2) is 85.1 Å². The van der Waals surface area contributed by atoms with Crippen molar-refractivity contribution in [3.8, 4) is 16.8 Å². The van der Waals surface area contributed by atoms with Crippen molar-refractivity contribution in [3.05, 3.63) is 102 Å². The van der Waals surface area contributed by atoms with E-state index in [2.05, 4.69) is 94.1 Å². The monoisotopic (exact) mass is 352 g/mol. The first kappa shape index (κ1) is 16.0. The lowest BCUT2D eigenvalue weighted by atomic mass is 10.0. The van der Waals surface area contributed by atoms with Gasteiger partial charge in [0.25, 0.3) is 0 Å². The zero-order chi connectivity index (χ0) is 18.1. The first-order valence-corrected chi connectivity index (χ1v) is 9.21. The zero-order valence-corrected chi connectivity index (χ0v) is 15.0. The molecule has 0 radical (unpaired) electrons. The molecule has 0 fully saturated rings. The summed E-state index contributed by atoms with van der Waals surface area (Å²) in [4.78, 5) is 2.44.